The molecule has 0 radical (unpaired) electrons. The molecule has 1 fully saturated rings. The summed E-state index contributed by atoms with van der Waals surface area (Å²) in [6, 6.07) is 8.69. The van der Waals surface area contributed by atoms with E-state index in [1.807, 2.05) is 18.5 Å². The summed E-state index contributed by atoms with van der Waals surface area (Å²) >= 11 is 0. The van der Waals surface area contributed by atoms with Gasteiger partial charge in [-0.25, -0.2) is 0 Å². The maximum Gasteiger partial charge on any atom is 0.0494 e. The van der Waals surface area contributed by atoms with Crippen molar-refractivity contribution in [3.63, 3.8) is 0 Å². The van der Waals surface area contributed by atoms with E-state index in [0.717, 1.165) is 0 Å². The maximum atomic E-state index is 5.74. The predicted octanol–water partition coefficient (Wildman–Crippen LogP) is 2.54. The number of nitrogens with zero attached hydrogens (tertiary/aromatic N) is 1. The van der Waals surface area contributed by atoms with Crippen LogP contribution in [0.15, 0.2) is 36.7 Å². The van der Waals surface area contributed by atoms with Crippen LogP contribution in [-0.4, -0.2) is 4.98 Å². The first-order valence-corrected chi connectivity index (χ1v) is 6.19. The number of aromatic nitrogens is 1. The maximum absolute atomic E-state index is 5.74. The fourth-order valence-corrected chi connectivity index (χ4v) is 2.66. The summed E-state index contributed by atoms with van der Waals surface area (Å²) in [6.45, 7) is 0. The van der Waals surface area contributed by atoms with Crippen LogP contribution in [0.5, 0.6) is 0 Å². The molecule has 3 rings (SSSR count). The molecule has 1 aliphatic rings. The highest BCUT2D eigenvalue weighted by molar-refractivity contribution is 5.85. The molecule has 0 spiro atoms. The van der Waals surface area contributed by atoms with Gasteiger partial charge in [0.1, 0.15) is 0 Å². The van der Waals surface area contributed by atoms with Crippen molar-refractivity contribution in [1.82, 2.24) is 10.4 Å². The highest BCUT2D eigenvalue weighted by Gasteiger charge is 2.28. The average molecular weight is 227 g/mol. The molecule has 2 aromatic rings. The Labute approximate surface area is 101 Å². The van der Waals surface area contributed by atoms with Gasteiger partial charge in [-0.05, 0) is 35.8 Å². The van der Waals surface area contributed by atoms with Gasteiger partial charge in [0.25, 0.3) is 0 Å². The lowest BCUT2D eigenvalue weighted by Crippen LogP contribution is -2.36. The smallest absolute Gasteiger partial charge is 0.0494 e. The second-order valence-electron chi connectivity index (χ2n) is 4.78. The molecular formula is C14H17N3. The molecule has 1 atom stereocenters. The van der Waals surface area contributed by atoms with E-state index < -0.39 is 0 Å². The first kappa shape index (κ1) is 10.7. The Morgan fingerprint density at radius 1 is 1.29 bits per heavy atom. The molecule has 1 aromatic carbocycles. The lowest BCUT2D eigenvalue weighted by molar-refractivity contribution is 0.233. The Kier molecular flexibility index (Phi) is 2.79. The van der Waals surface area contributed by atoms with Crippen molar-refractivity contribution in [2.24, 2.45) is 11.8 Å². The lowest BCUT2D eigenvalue weighted by atomic mass is 9.76. The quantitative estimate of drug-likeness (QED) is 0.626. The molecule has 0 bridgehead atoms. The van der Waals surface area contributed by atoms with Crippen LogP contribution in [0.3, 0.4) is 0 Å². The lowest BCUT2D eigenvalue weighted by Gasteiger charge is -2.34. The third-order valence-corrected chi connectivity index (χ3v) is 3.85. The first-order valence-electron chi connectivity index (χ1n) is 6.19. The van der Waals surface area contributed by atoms with Crippen LogP contribution in [0, 0.1) is 5.92 Å². The molecule has 3 heteroatoms. The zero-order valence-electron chi connectivity index (χ0n) is 9.76. The molecule has 1 aliphatic carbocycles. The van der Waals surface area contributed by atoms with Crippen LogP contribution in [0.25, 0.3) is 10.8 Å². The SMILES string of the molecule is NNC(c1cccc2ccncc12)C1CCC1. The van der Waals surface area contributed by atoms with Crippen molar-refractivity contribution in [1.29, 1.82) is 0 Å². The van der Waals surface area contributed by atoms with Crippen LogP contribution in [-0.2, 0) is 0 Å². The second kappa shape index (κ2) is 4.43. The predicted molar refractivity (Wildman–Crippen MR) is 69.1 cm³/mol. The number of rotatable bonds is 3. The number of fused-ring (bicyclic) bond motifs is 1. The summed E-state index contributed by atoms with van der Waals surface area (Å²) in [6.07, 6.45) is 7.64. The van der Waals surface area contributed by atoms with Crippen LogP contribution in [0.4, 0.5) is 0 Å². The standard InChI is InChI=1S/C14H17N3/c15-17-14(11-4-1-5-11)12-6-2-3-10-7-8-16-9-13(10)12/h2-3,6-9,11,14,17H,1,4-5,15H2. The molecule has 1 saturated carbocycles. The molecule has 3 nitrogen and oxygen atoms in total. The number of hydrogen-bond donors (Lipinski definition) is 2. The minimum atomic E-state index is 0.261. The van der Waals surface area contributed by atoms with E-state index in [0.29, 0.717) is 5.92 Å². The van der Waals surface area contributed by atoms with Gasteiger partial charge in [0.15, 0.2) is 0 Å². The van der Waals surface area contributed by atoms with Gasteiger partial charge in [0.05, 0.1) is 0 Å². The third-order valence-electron chi connectivity index (χ3n) is 3.85. The number of hydrazine groups is 1. The topological polar surface area (TPSA) is 50.9 Å². The fraction of sp³-hybridized carbons (Fsp3) is 0.357. The molecule has 88 valence electrons. The monoisotopic (exact) mass is 227 g/mol. The van der Waals surface area contributed by atoms with E-state index >= 15 is 0 Å². The summed E-state index contributed by atoms with van der Waals surface area (Å²) < 4.78 is 0. The number of hydrogen-bond acceptors (Lipinski definition) is 3. The van der Waals surface area contributed by atoms with E-state index in [9.17, 15) is 0 Å². The van der Waals surface area contributed by atoms with E-state index in [1.54, 1.807) is 0 Å². The zero-order chi connectivity index (χ0) is 11.7. The molecular weight excluding hydrogens is 210 g/mol. The summed E-state index contributed by atoms with van der Waals surface area (Å²) in [5.74, 6) is 6.41. The number of benzene rings is 1. The normalized spacial score (nSPS) is 17.9. The van der Waals surface area contributed by atoms with E-state index in [-0.39, 0.29) is 6.04 Å². The number of nitrogens with two attached hydrogens (primary N) is 1. The Morgan fingerprint density at radius 2 is 2.18 bits per heavy atom. The average Bonchev–Trinajstić information content (AvgIpc) is 2.33. The fourth-order valence-electron chi connectivity index (χ4n) is 2.66. The summed E-state index contributed by atoms with van der Waals surface area (Å²) in [7, 11) is 0. The van der Waals surface area contributed by atoms with E-state index in [2.05, 4.69) is 28.6 Å². The van der Waals surface area contributed by atoms with Crippen LogP contribution < -0.4 is 11.3 Å². The molecule has 1 heterocycles. The second-order valence-corrected chi connectivity index (χ2v) is 4.78. The van der Waals surface area contributed by atoms with Gasteiger partial charge in [0.2, 0.25) is 0 Å². The number of pyridine rings is 1. The summed E-state index contributed by atoms with van der Waals surface area (Å²) in [5.41, 5.74) is 4.27. The first-order chi connectivity index (χ1) is 8.40. The Balaban J connectivity index is 2.08. The molecule has 17 heavy (non-hydrogen) atoms. The minimum absolute atomic E-state index is 0.261. The Morgan fingerprint density at radius 3 is 2.88 bits per heavy atom. The molecule has 0 amide bonds. The van der Waals surface area contributed by atoms with Gasteiger partial charge in [-0.3, -0.25) is 16.3 Å². The van der Waals surface area contributed by atoms with Crippen LogP contribution in [0.2, 0.25) is 0 Å². The van der Waals surface area contributed by atoms with Crippen LogP contribution in [0.1, 0.15) is 30.9 Å². The van der Waals surface area contributed by atoms with E-state index in [1.165, 1.54) is 35.6 Å². The van der Waals surface area contributed by atoms with E-state index in [4.69, 9.17) is 5.84 Å². The Bertz CT molecular complexity index is 514. The van der Waals surface area contributed by atoms with Crippen molar-refractivity contribution >= 4 is 10.8 Å². The highest BCUT2D eigenvalue weighted by atomic mass is 15.2. The van der Waals surface area contributed by atoms with Crippen LogP contribution >= 0.6 is 0 Å². The van der Waals surface area contributed by atoms with Gasteiger partial charge in [-0.1, -0.05) is 24.6 Å². The largest absolute Gasteiger partial charge is 0.271 e. The van der Waals surface area contributed by atoms with Crippen molar-refractivity contribution in [3.8, 4) is 0 Å². The molecule has 0 saturated heterocycles. The minimum Gasteiger partial charge on any atom is -0.271 e. The summed E-state index contributed by atoms with van der Waals surface area (Å²) in [4.78, 5) is 4.22. The van der Waals surface area contributed by atoms with Crippen molar-refractivity contribution in [2.45, 2.75) is 25.3 Å². The Hall–Kier alpha value is -1.45. The van der Waals surface area contributed by atoms with Crippen molar-refractivity contribution in [2.75, 3.05) is 0 Å². The molecule has 0 aliphatic heterocycles. The molecule has 1 aromatic heterocycles. The number of nitrogens with one attached hydrogen (secondary N) is 1. The highest BCUT2D eigenvalue weighted by Crippen LogP contribution is 2.39. The van der Waals surface area contributed by atoms with Gasteiger partial charge in [-0.2, -0.15) is 0 Å². The van der Waals surface area contributed by atoms with Gasteiger partial charge in [0, 0.05) is 23.8 Å². The summed E-state index contributed by atoms with van der Waals surface area (Å²) in [5, 5.41) is 2.45. The van der Waals surface area contributed by atoms with Crippen molar-refractivity contribution < 1.29 is 0 Å². The van der Waals surface area contributed by atoms with Gasteiger partial charge >= 0.3 is 0 Å². The molecule has 1 unspecified atom stereocenters. The van der Waals surface area contributed by atoms with Gasteiger partial charge in [-0.15, -0.1) is 0 Å². The molecule has 3 N–H and O–H groups in total. The zero-order valence-corrected chi connectivity index (χ0v) is 9.76. The third kappa shape index (κ3) is 1.81. The van der Waals surface area contributed by atoms with Gasteiger partial charge < -0.3 is 0 Å². The van der Waals surface area contributed by atoms with Crippen molar-refractivity contribution in [3.05, 3.63) is 42.2 Å².